The van der Waals surface area contributed by atoms with Crippen molar-refractivity contribution in [2.24, 2.45) is 5.92 Å². The molecule has 1 nitrogen and oxygen atoms in total. The molecule has 1 saturated carbocycles. The van der Waals surface area contributed by atoms with Gasteiger partial charge in [-0.25, -0.2) is 0 Å². The van der Waals surface area contributed by atoms with Gasteiger partial charge in [0.1, 0.15) is 0 Å². The number of rotatable bonds is 3. The molecule has 0 aromatic rings. The molecular weight excluding hydrogens is 202 g/mol. The van der Waals surface area contributed by atoms with E-state index < -0.39 is 5.82 Å². The molecule has 0 atom stereocenters. The van der Waals surface area contributed by atoms with E-state index in [2.05, 4.69) is 6.30 Å². The Balaban J connectivity index is 2.16. The lowest BCUT2D eigenvalue weighted by atomic mass is 10.1. The van der Waals surface area contributed by atoms with Crippen molar-refractivity contribution in [3.8, 4) is 0 Å². The van der Waals surface area contributed by atoms with E-state index in [-0.39, 0.29) is 0 Å². The van der Waals surface area contributed by atoms with E-state index in [4.69, 9.17) is 27.0 Å². The summed E-state index contributed by atoms with van der Waals surface area (Å²) in [5, 5.41) is 0. The first kappa shape index (κ1) is 9.92. The van der Waals surface area contributed by atoms with Gasteiger partial charge in [-0.3, -0.25) is 0 Å². The van der Waals surface area contributed by atoms with Gasteiger partial charge in [0.2, 0.25) is 0 Å². The first-order valence-corrected chi connectivity index (χ1v) is 7.55. The lowest BCUT2D eigenvalue weighted by Gasteiger charge is -2.12. The van der Waals surface area contributed by atoms with Crippen LogP contribution in [0.1, 0.15) is 25.7 Å². The smallest absolute Gasteiger partial charge is 0.169 e. The van der Waals surface area contributed by atoms with E-state index in [1.54, 1.807) is 0 Å². The Labute approximate surface area is 77.7 Å². The Morgan fingerprint density at radius 1 is 1.36 bits per heavy atom. The fourth-order valence-electron chi connectivity index (χ4n) is 1.39. The average molecular weight is 215 g/mol. The van der Waals surface area contributed by atoms with Crippen LogP contribution in [-0.4, -0.2) is 12.9 Å². The Morgan fingerprint density at radius 3 is 2.36 bits per heavy atom. The maximum atomic E-state index is 5.65. The summed E-state index contributed by atoms with van der Waals surface area (Å²) in [6.45, 7) is 0.699. The zero-order valence-electron chi connectivity index (χ0n) is 6.43. The molecule has 1 aliphatic rings. The standard InChI is InChI=1S/C7H13Cl2OP/c1-11(8,9)10-6-7-4-2-3-5-7/h7H,1-6H2. The van der Waals surface area contributed by atoms with Crippen molar-refractivity contribution in [3.05, 3.63) is 0 Å². The van der Waals surface area contributed by atoms with Crippen LogP contribution in [0, 0.1) is 5.92 Å². The van der Waals surface area contributed by atoms with Crippen LogP contribution in [0.25, 0.3) is 0 Å². The summed E-state index contributed by atoms with van der Waals surface area (Å²) >= 11 is 11.3. The van der Waals surface area contributed by atoms with Crippen LogP contribution >= 0.6 is 28.3 Å². The summed E-state index contributed by atoms with van der Waals surface area (Å²) in [5.41, 5.74) is 0. The van der Waals surface area contributed by atoms with Crippen molar-refractivity contribution in [2.45, 2.75) is 25.7 Å². The Morgan fingerprint density at radius 2 is 1.91 bits per heavy atom. The largest absolute Gasteiger partial charge is 0.335 e. The van der Waals surface area contributed by atoms with Gasteiger partial charge in [-0.05, 0) is 25.1 Å². The fourth-order valence-corrected chi connectivity index (χ4v) is 2.16. The van der Waals surface area contributed by atoms with Gasteiger partial charge in [0.25, 0.3) is 0 Å². The number of halogens is 2. The molecule has 0 saturated heterocycles. The molecular formula is C7H13Cl2OP. The minimum atomic E-state index is -2.27. The van der Waals surface area contributed by atoms with Crippen molar-refractivity contribution in [3.63, 3.8) is 0 Å². The first-order chi connectivity index (χ1) is 5.08. The molecule has 0 spiro atoms. The molecule has 0 radical (unpaired) electrons. The molecule has 0 N–H and O–H groups in total. The molecule has 0 heterocycles. The van der Waals surface area contributed by atoms with E-state index in [0.717, 1.165) is 0 Å². The molecule has 0 aliphatic heterocycles. The molecule has 11 heavy (non-hydrogen) atoms. The van der Waals surface area contributed by atoms with Crippen LogP contribution < -0.4 is 0 Å². The highest BCUT2D eigenvalue weighted by atomic mass is 35.9. The summed E-state index contributed by atoms with van der Waals surface area (Å²) in [4.78, 5) is 0. The number of hydrogen-bond acceptors (Lipinski definition) is 1. The minimum absolute atomic E-state index is 0.675. The lowest BCUT2D eigenvalue weighted by Crippen LogP contribution is -2.01. The normalized spacial score (nSPS) is 20.9. The molecule has 4 heteroatoms. The highest BCUT2D eigenvalue weighted by Gasteiger charge is 2.17. The summed E-state index contributed by atoms with van der Waals surface area (Å²) in [6.07, 6.45) is 8.71. The van der Waals surface area contributed by atoms with Gasteiger partial charge in [0.15, 0.2) is 5.82 Å². The van der Waals surface area contributed by atoms with E-state index in [0.29, 0.717) is 12.5 Å². The maximum absolute atomic E-state index is 5.65. The van der Waals surface area contributed by atoms with E-state index in [9.17, 15) is 0 Å². The fraction of sp³-hybridized carbons (Fsp3) is 0.857. The van der Waals surface area contributed by atoms with Gasteiger partial charge in [0.05, 0.1) is 6.61 Å². The van der Waals surface area contributed by atoms with Crippen molar-refractivity contribution >= 4 is 34.6 Å². The summed E-state index contributed by atoms with van der Waals surface area (Å²) in [6, 6.07) is 0. The SMILES string of the molecule is C=P(Cl)(Cl)OCC1CCCC1. The Hall–Kier alpha value is 0.840. The Bertz CT molecular complexity index is 160. The summed E-state index contributed by atoms with van der Waals surface area (Å²) in [5.74, 6) is -1.60. The van der Waals surface area contributed by atoms with E-state index in [1.807, 2.05) is 0 Å². The molecule has 0 unspecified atom stereocenters. The highest BCUT2D eigenvalue weighted by molar-refractivity contribution is 8.11. The second-order valence-corrected chi connectivity index (χ2v) is 8.21. The predicted octanol–water partition coefficient (Wildman–Crippen LogP) is 3.87. The van der Waals surface area contributed by atoms with Crippen LogP contribution in [-0.2, 0) is 4.52 Å². The quantitative estimate of drug-likeness (QED) is 0.649. The first-order valence-electron chi connectivity index (χ1n) is 3.85. The molecule has 1 aliphatic carbocycles. The summed E-state index contributed by atoms with van der Waals surface area (Å²) < 4.78 is 5.24. The van der Waals surface area contributed by atoms with Crippen molar-refractivity contribution in [1.29, 1.82) is 0 Å². The van der Waals surface area contributed by atoms with Crippen LogP contribution in [0.4, 0.5) is 0 Å². The number of hydrogen-bond donors (Lipinski definition) is 0. The van der Waals surface area contributed by atoms with E-state index in [1.165, 1.54) is 25.7 Å². The van der Waals surface area contributed by atoms with Crippen LogP contribution in [0.3, 0.4) is 0 Å². The molecule has 0 bridgehead atoms. The van der Waals surface area contributed by atoms with Gasteiger partial charge in [-0.2, -0.15) is 0 Å². The predicted molar refractivity (Wildman–Crippen MR) is 53.7 cm³/mol. The molecule has 0 aromatic carbocycles. The van der Waals surface area contributed by atoms with Crippen LogP contribution in [0.2, 0.25) is 0 Å². The van der Waals surface area contributed by atoms with Crippen molar-refractivity contribution in [1.82, 2.24) is 0 Å². The average Bonchev–Trinajstić information content (AvgIpc) is 2.32. The minimum Gasteiger partial charge on any atom is -0.335 e. The molecule has 1 fully saturated rings. The van der Waals surface area contributed by atoms with Gasteiger partial charge in [-0.15, -0.1) is 0 Å². The van der Waals surface area contributed by atoms with E-state index >= 15 is 0 Å². The molecule has 1 rings (SSSR count). The van der Waals surface area contributed by atoms with Gasteiger partial charge in [0, 0.05) is 0 Å². The van der Waals surface area contributed by atoms with Crippen molar-refractivity contribution in [2.75, 3.05) is 6.61 Å². The third-order valence-corrected chi connectivity index (χ3v) is 3.09. The van der Waals surface area contributed by atoms with Crippen molar-refractivity contribution < 1.29 is 4.52 Å². The monoisotopic (exact) mass is 214 g/mol. The Kier molecular flexibility index (Phi) is 3.77. The molecule has 0 aromatic heterocycles. The van der Waals surface area contributed by atoms with Gasteiger partial charge >= 0.3 is 0 Å². The van der Waals surface area contributed by atoms with Crippen LogP contribution in [0.15, 0.2) is 0 Å². The third-order valence-electron chi connectivity index (χ3n) is 1.97. The molecule has 0 amide bonds. The second-order valence-electron chi connectivity index (χ2n) is 3.02. The zero-order valence-corrected chi connectivity index (χ0v) is 8.84. The lowest BCUT2D eigenvalue weighted by molar-refractivity contribution is 0.284. The zero-order chi connectivity index (χ0) is 8.32. The summed E-state index contributed by atoms with van der Waals surface area (Å²) in [7, 11) is 0. The maximum Gasteiger partial charge on any atom is 0.169 e. The third kappa shape index (κ3) is 4.42. The second kappa shape index (κ2) is 4.18. The van der Waals surface area contributed by atoms with Gasteiger partial charge < -0.3 is 4.52 Å². The van der Waals surface area contributed by atoms with Gasteiger partial charge in [-0.1, -0.05) is 35.3 Å². The highest BCUT2D eigenvalue weighted by Crippen LogP contribution is 2.57. The topological polar surface area (TPSA) is 9.23 Å². The van der Waals surface area contributed by atoms with Crippen LogP contribution in [0.5, 0.6) is 0 Å². The molecule has 66 valence electrons.